The zero-order valence-electron chi connectivity index (χ0n) is 11.8. The van der Waals surface area contributed by atoms with Crippen molar-refractivity contribution in [3.8, 4) is 0 Å². The molecule has 1 heterocycles. The van der Waals surface area contributed by atoms with Gasteiger partial charge in [0, 0.05) is 30.4 Å². The molecule has 1 rings (SSSR count). The normalized spacial score (nSPS) is 15.4. The van der Waals surface area contributed by atoms with E-state index in [1.807, 2.05) is 32.9 Å². The molecule has 0 radical (unpaired) electrons. The van der Waals surface area contributed by atoms with Gasteiger partial charge in [0.15, 0.2) is 0 Å². The predicted octanol–water partition coefficient (Wildman–Crippen LogP) is 0.917. The fourth-order valence-corrected chi connectivity index (χ4v) is 3.20. The fraction of sp³-hybridized carbons (Fsp3) is 0.615. The summed E-state index contributed by atoms with van der Waals surface area (Å²) in [7, 11) is -3.36. The van der Waals surface area contributed by atoms with Crippen LogP contribution < -0.4 is 10.5 Å². The van der Waals surface area contributed by atoms with Gasteiger partial charge in [-0.25, -0.2) is 13.1 Å². The molecule has 0 saturated carbocycles. The Morgan fingerprint density at radius 3 is 2.58 bits per heavy atom. The van der Waals surface area contributed by atoms with Gasteiger partial charge in [-0.05, 0) is 25.0 Å². The van der Waals surface area contributed by atoms with Crippen molar-refractivity contribution in [3.05, 3.63) is 30.1 Å². The summed E-state index contributed by atoms with van der Waals surface area (Å²) in [6, 6.07) is 5.47. The molecule has 0 amide bonds. The maximum absolute atomic E-state index is 12.1. The van der Waals surface area contributed by atoms with Gasteiger partial charge >= 0.3 is 0 Å². The first-order chi connectivity index (χ1) is 8.79. The highest BCUT2D eigenvalue weighted by Crippen LogP contribution is 2.16. The summed E-state index contributed by atoms with van der Waals surface area (Å²) in [6.45, 7) is 6.01. The standard InChI is InChI=1S/C13H23N3O2S/c1-11(2)13(3,10-14)16-19(17,18)9-7-12-6-4-5-8-15-12/h4-6,8,11,16H,7,9-10,14H2,1-3H3. The van der Waals surface area contributed by atoms with Crippen LogP contribution in [0.1, 0.15) is 26.5 Å². The highest BCUT2D eigenvalue weighted by molar-refractivity contribution is 7.89. The Morgan fingerprint density at radius 2 is 2.11 bits per heavy atom. The van der Waals surface area contributed by atoms with Crippen molar-refractivity contribution in [2.45, 2.75) is 32.7 Å². The van der Waals surface area contributed by atoms with Crippen LogP contribution >= 0.6 is 0 Å². The number of rotatable bonds is 7. The van der Waals surface area contributed by atoms with E-state index in [0.29, 0.717) is 6.42 Å². The molecule has 6 heteroatoms. The van der Waals surface area contributed by atoms with Gasteiger partial charge in [-0.1, -0.05) is 19.9 Å². The monoisotopic (exact) mass is 285 g/mol. The quantitative estimate of drug-likeness (QED) is 0.780. The highest BCUT2D eigenvalue weighted by Gasteiger charge is 2.31. The lowest BCUT2D eigenvalue weighted by molar-refractivity contribution is 0.315. The first kappa shape index (κ1) is 16.1. The molecular formula is C13H23N3O2S. The largest absolute Gasteiger partial charge is 0.329 e. The van der Waals surface area contributed by atoms with Gasteiger partial charge in [-0.2, -0.15) is 0 Å². The third-order valence-electron chi connectivity index (χ3n) is 3.44. The molecular weight excluding hydrogens is 262 g/mol. The lowest BCUT2D eigenvalue weighted by Crippen LogP contribution is -2.55. The van der Waals surface area contributed by atoms with Crippen LogP contribution in [0, 0.1) is 5.92 Å². The second kappa shape index (κ2) is 6.45. The minimum Gasteiger partial charge on any atom is -0.329 e. The molecule has 1 unspecified atom stereocenters. The summed E-state index contributed by atoms with van der Waals surface area (Å²) in [6.07, 6.45) is 2.06. The second-order valence-electron chi connectivity index (χ2n) is 5.27. The average molecular weight is 285 g/mol. The van der Waals surface area contributed by atoms with Gasteiger partial charge < -0.3 is 5.73 Å². The molecule has 1 atom stereocenters. The molecule has 0 aliphatic carbocycles. The van der Waals surface area contributed by atoms with Gasteiger partial charge in [0.25, 0.3) is 0 Å². The minimum absolute atomic E-state index is 0.0202. The van der Waals surface area contributed by atoms with Crippen LogP contribution in [0.2, 0.25) is 0 Å². The topological polar surface area (TPSA) is 85.1 Å². The van der Waals surface area contributed by atoms with Crippen molar-refractivity contribution in [2.24, 2.45) is 11.7 Å². The Labute approximate surface area is 115 Å². The summed E-state index contributed by atoms with van der Waals surface area (Å²) < 4.78 is 26.9. The van der Waals surface area contributed by atoms with Crippen LogP contribution in [-0.4, -0.2) is 31.2 Å². The van der Waals surface area contributed by atoms with Gasteiger partial charge in [-0.3, -0.25) is 4.98 Å². The summed E-state index contributed by atoms with van der Waals surface area (Å²) in [5, 5.41) is 0. The Hall–Kier alpha value is -0.980. The fourth-order valence-electron chi connectivity index (χ4n) is 1.59. The number of sulfonamides is 1. The number of hydrogen-bond acceptors (Lipinski definition) is 4. The zero-order chi connectivity index (χ0) is 14.5. The predicted molar refractivity (Wildman–Crippen MR) is 77.2 cm³/mol. The maximum atomic E-state index is 12.1. The number of pyridine rings is 1. The number of nitrogens with zero attached hydrogens (tertiary/aromatic N) is 1. The average Bonchev–Trinajstić information content (AvgIpc) is 2.37. The SMILES string of the molecule is CC(C)C(C)(CN)NS(=O)(=O)CCc1ccccn1. The second-order valence-corrected chi connectivity index (χ2v) is 7.11. The Morgan fingerprint density at radius 1 is 1.42 bits per heavy atom. The summed E-state index contributed by atoms with van der Waals surface area (Å²) >= 11 is 0. The van der Waals surface area contributed by atoms with E-state index in [4.69, 9.17) is 5.73 Å². The van der Waals surface area contributed by atoms with Gasteiger partial charge in [0.1, 0.15) is 0 Å². The van der Waals surface area contributed by atoms with E-state index in [2.05, 4.69) is 9.71 Å². The number of nitrogens with one attached hydrogen (secondary N) is 1. The highest BCUT2D eigenvalue weighted by atomic mass is 32.2. The number of hydrogen-bond donors (Lipinski definition) is 2. The molecule has 3 N–H and O–H groups in total. The van der Waals surface area contributed by atoms with E-state index >= 15 is 0 Å². The van der Waals surface area contributed by atoms with Crippen LogP contribution in [0.3, 0.4) is 0 Å². The van der Waals surface area contributed by atoms with Gasteiger partial charge in [0.2, 0.25) is 10.0 Å². The molecule has 19 heavy (non-hydrogen) atoms. The van der Waals surface area contributed by atoms with Crippen LogP contribution in [0.15, 0.2) is 24.4 Å². The molecule has 0 bridgehead atoms. The zero-order valence-corrected chi connectivity index (χ0v) is 12.6. The van der Waals surface area contributed by atoms with Gasteiger partial charge in [-0.15, -0.1) is 0 Å². The molecule has 108 valence electrons. The first-order valence-electron chi connectivity index (χ1n) is 6.41. The Kier molecular flexibility index (Phi) is 5.46. The number of nitrogens with two attached hydrogens (primary N) is 1. The van der Waals surface area contributed by atoms with E-state index in [9.17, 15) is 8.42 Å². The van der Waals surface area contributed by atoms with E-state index in [-0.39, 0.29) is 18.2 Å². The minimum atomic E-state index is -3.36. The van der Waals surface area contributed by atoms with Crippen LogP contribution in [0.25, 0.3) is 0 Å². The Balaban J connectivity index is 2.67. The maximum Gasteiger partial charge on any atom is 0.212 e. The number of aromatic nitrogens is 1. The smallest absolute Gasteiger partial charge is 0.212 e. The number of aryl methyl sites for hydroxylation is 1. The molecule has 5 nitrogen and oxygen atoms in total. The third-order valence-corrected chi connectivity index (χ3v) is 4.96. The van der Waals surface area contributed by atoms with Crippen LogP contribution in [-0.2, 0) is 16.4 Å². The van der Waals surface area contributed by atoms with Crippen molar-refractivity contribution in [3.63, 3.8) is 0 Å². The molecule has 0 spiro atoms. The molecule has 0 aromatic carbocycles. The first-order valence-corrected chi connectivity index (χ1v) is 8.06. The molecule has 0 saturated heterocycles. The summed E-state index contributed by atoms with van der Waals surface area (Å²) in [5.74, 6) is 0.147. The molecule has 0 fully saturated rings. The lowest BCUT2D eigenvalue weighted by Gasteiger charge is -2.33. The molecule has 0 aliphatic heterocycles. The van der Waals surface area contributed by atoms with E-state index in [1.54, 1.807) is 12.3 Å². The lowest BCUT2D eigenvalue weighted by atomic mass is 9.90. The molecule has 0 aliphatic rings. The van der Waals surface area contributed by atoms with Crippen molar-refractivity contribution in [1.29, 1.82) is 0 Å². The van der Waals surface area contributed by atoms with Crippen molar-refractivity contribution in [1.82, 2.24) is 9.71 Å². The summed E-state index contributed by atoms with van der Waals surface area (Å²) in [5.41, 5.74) is 5.85. The summed E-state index contributed by atoms with van der Waals surface area (Å²) in [4.78, 5) is 4.12. The van der Waals surface area contributed by atoms with Gasteiger partial charge in [0.05, 0.1) is 5.75 Å². The van der Waals surface area contributed by atoms with Crippen molar-refractivity contribution in [2.75, 3.05) is 12.3 Å². The van der Waals surface area contributed by atoms with Crippen LogP contribution in [0.4, 0.5) is 0 Å². The van der Waals surface area contributed by atoms with Crippen LogP contribution in [0.5, 0.6) is 0 Å². The van der Waals surface area contributed by atoms with E-state index in [1.165, 1.54) is 0 Å². The molecule has 1 aromatic heterocycles. The third kappa shape index (κ3) is 4.89. The Bertz CT molecular complexity index is 488. The van der Waals surface area contributed by atoms with Crippen molar-refractivity contribution >= 4 is 10.0 Å². The molecule has 1 aromatic rings. The van der Waals surface area contributed by atoms with E-state index in [0.717, 1.165) is 5.69 Å². The van der Waals surface area contributed by atoms with Crippen molar-refractivity contribution < 1.29 is 8.42 Å². The van der Waals surface area contributed by atoms with E-state index < -0.39 is 15.6 Å².